The number of carbonyl (C=O) groups excluding carboxylic acids is 2. The molecule has 0 radical (unpaired) electrons. The molecule has 0 saturated heterocycles. The number of carboxylic acid groups (broad SMARTS) is 1. The van der Waals surface area contributed by atoms with Crippen molar-refractivity contribution in [3.05, 3.63) is 24.3 Å². The molecule has 3 N–H and O–H groups in total. The Kier molecular flexibility index (Phi) is 5.52. The Hall–Kier alpha value is -2.57. The third-order valence-corrected chi connectivity index (χ3v) is 2.28. The number of carboxylic acids is 1. The van der Waals surface area contributed by atoms with Gasteiger partial charge >= 0.3 is 5.97 Å². The Labute approximate surface area is 115 Å². The lowest BCUT2D eigenvalue weighted by molar-refractivity contribution is -0.142. The maximum atomic E-state index is 11.0. The molecule has 1 unspecified atom stereocenters. The summed E-state index contributed by atoms with van der Waals surface area (Å²) in [4.78, 5) is 32.9. The zero-order valence-corrected chi connectivity index (χ0v) is 11.2. The minimum atomic E-state index is -1.20. The fourth-order valence-electron chi connectivity index (χ4n) is 1.48. The highest BCUT2D eigenvalue weighted by molar-refractivity contribution is 5.90. The van der Waals surface area contributed by atoms with Gasteiger partial charge in [0, 0.05) is 13.8 Å². The van der Waals surface area contributed by atoms with Gasteiger partial charge in [-0.25, -0.2) is 4.79 Å². The Balaban J connectivity index is 2.74. The van der Waals surface area contributed by atoms with E-state index < -0.39 is 17.9 Å². The van der Waals surface area contributed by atoms with Gasteiger partial charge in [0.15, 0.2) is 6.04 Å². The summed E-state index contributed by atoms with van der Waals surface area (Å²) in [5.74, 6) is -1.59. The van der Waals surface area contributed by atoms with Crippen LogP contribution in [0.2, 0.25) is 0 Å². The molecule has 108 valence electrons. The summed E-state index contributed by atoms with van der Waals surface area (Å²) in [6.45, 7) is 2.33. The van der Waals surface area contributed by atoms with Crippen LogP contribution < -0.4 is 15.4 Å². The van der Waals surface area contributed by atoms with Gasteiger partial charge < -0.3 is 20.5 Å². The molecule has 0 aliphatic rings. The number of amides is 2. The fourth-order valence-corrected chi connectivity index (χ4v) is 1.48. The number of ether oxygens (including phenoxy) is 1. The Morgan fingerprint density at radius 2 is 1.85 bits per heavy atom. The van der Waals surface area contributed by atoms with Crippen molar-refractivity contribution < 1.29 is 24.2 Å². The van der Waals surface area contributed by atoms with Crippen LogP contribution in [0.25, 0.3) is 0 Å². The van der Waals surface area contributed by atoms with Gasteiger partial charge in [-0.3, -0.25) is 9.59 Å². The van der Waals surface area contributed by atoms with Crippen molar-refractivity contribution in [2.24, 2.45) is 0 Å². The Bertz CT molecular complexity index is 515. The molecule has 0 aromatic heterocycles. The first-order valence-electron chi connectivity index (χ1n) is 5.89. The molecule has 0 bridgehead atoms. The number of hydrogen-bond donors (Lipinski definition) is 3. The molecule has 20 heavy (non-hydrogen) atoms. The highest BCUT2D eigenvalue weighted by atomic mass is 16.5. The molecule has 1 aromatic carbocycles. The van der Waals surface area contributed by atoms with Crippen molar-refractivity contribution in [2.45, 2.75) is 19.9 Å². The summed E-state index contributed by atoms with van der Waals surface area (Å²) in [5, 5.41) is 13.8. The van der Waals surface area contributed by atoms with E-state index in [-0.39, 0.29) is 12.5 Å². The predicted octanol–water partition coefficient (Wildman–Crippen LogP) is 0.613. The molecule has 1 atom stereocenters. The van der Waals surface area contributed by atoms with Crippen LogP contribution in [0.15, 0.2) is 24.3 Å². The Morgan fingerprint density at radius 3 is 2.40 bits per heavy atom. The van der Waals surface area contributed by atoms with E-state index in [0.717, 1.165) is 0 Å². The van der Waals surface area contributed by atoms with Gasteiger partial charge in [0.05, 0.1) is 5.69 Å². The second-order valence-electron chi connectivity index (χ2n) is 4.08. The van der Waals surface area contributed by atoms with Gasteiger partial charge in [-0.05, 0) is 12.1 Å². The third-order valence-electron chi connectivity index (χ3n) is 2.28. The smallest absolute Gasteiger partial charge is 0.329 e. The summed E-state index contributed by atoms with van der Waals surface area (Å²) >= 11 is 0. The van der Waals surface area contributed by atoms with Gasteiger partial charge in [0.2, 0.25) is 11.8 Å². The van der Waals surface area contributed by atoms with Gasteiger partial charge in [0.1, 0.15) is 12.4 Å². The molecule has 0 aliphatic heterocycles. The molecule has 0 fully saturated rings. The summed E-state index contributed by atoms with van der Waals surface area (Å²) in [7, 11) is 0. The van der Waals surface area contributed by atoms with E-state index in [1.165, 1.54) is 13.8 Å². The van der Waals surface area contributed by atoms with Crippen molar-refractivity contribution in [3.8, 4) is 5.75 Å². The number of aliphatic carboxylic acids is 1. The summed E-state index contributed by atoms with van der Waals surface area (Å²) < 4.78 is 5.35. The molecule has 0 aliphatic carbocycles. The monoisotopic (exact) mass is 280 g/mol. The van der Waals surface area contributed by atoms with E-state index >= 15 is 0 Å². The minimum Gasteiger partial charge on any atom is -0.489 e. The van der Waals surface area contributed by atoms with E-state index in [9.17, 15) is 14.4 Å². The van der Waals surface area contributed by atoms with E-state index in [1.54, 1.807) is 24.3 Å². The van der Waals surface area contributed by atoms with E-state index in [0.29, 0.717) is 11.4 Å². The minimum absolute atomic E-state index is 0.245. The first kappa shape index (κ1) is 15.5. The highest BCUT2D eigenvalue weighted by Gasteiger charge is 2.19. The number of benzene rings is 1. The zero-order chi connectivity index (χ0) is 15.1. The molecular formula is C13H16N2O5. The van der Waals surface area contributed by atoms with Crippen molar-refractivity contribution in [3.63, 3.8) is 0 Å². The lowest BCUT2D eigenvalue weighted by Crippen LogP contribution is -2.43. The van der Waals surface area contributed by atoms with Crippen molar-refractivity contribution in [2.75, 3.05) is 11.9 Å². The van der Waals surface area contributed by atoms with Crippen LogP contribution in [0, 0.1) is 0 Å². The van der Waals surface area contributed by atoms with Crippen LogP contribution in [0.4, 0.5) is 5.69 Å². The quantitative estimate of drug-likeness (QED) is 0.708. The maximum absolute atomic E-state index is 11.0. The van der Waals surface area contributed by atoms with Crippen LogP contribution in [0.5, 0.6) is 5.75 Å². The number of anilines is 1. The topological polar surface area (TPSA) is 105 Å². The van der Waals surface area contributed by atoms with Gasteiger partial charge in [-0.15, -0.1) is 0 Å². The van der Waals surface area contributed by atoms with Crippen LogP contribution in [0.1, 0.15) is 13.8 Å². The molecule has 7 nitrogen and oxygen atoms in total. The lowest BCUT2D eigenvalue weighted by Gasteiger charge is -2.16. The number of para-hydroxylation sites is 2. The second kappa shape index (κ2) is 7.13. The Morgan fingerprint density at radius 1 is 1.20 bits per heavy atom. The van der Waals surface area contributed by atoms with Crippen LogP contribution in [-0.2, 0) is 14.4 Å². The van der Waals surface area contributed by atoms with E-state index in [4.69, 9.17) is 9.84 Å². The zero-order valence-electron chi connectivity index (χ0n) is 11.2. The first-order chi connectivity index (χ1) is 9.40. The number of carbonyl (C=O) groups is 3. The summed E-state index contributed by atoms with van der Waals surface area (Å²) in [6, 6.07) is 5.47. The molecule has 0 saturated carbocycles. The van der Waals surface area contributed by atoms with Gasteiger partial charge in [0.25, 0.3) is 0 Å². The molecule has 0 heterocycles. The average molecular weight is 280 g/mol. The van der Waals surface area contributed by atoms with Gasteiger partial charge in [-0.2, -0.15) is 0 Å². The van der Waals surface area contributed by atoms with E-state index in [1.807, 2.05) is 0 Å². The molecule has 1 aromatic rings. The average Bonchev–Trinajstić information content (AvgIpc) is 2.34. The highest BCUT2D eigenvalue weighted by Crippen LogP contribution is 2.23. The fraction of sp³-hybridized carbons (Fsp3) is 0.308. The summed E-state index contributed by atoms with van der Waals surface area (Å²) in [5.41, 5.74) is 0.437. The van der Waals surface area contributed by atoms with E-state index in [2.05, 4.69) is 10.6 Å². The molecule has 1 rings (SSSR count). The molecule has 7 heteroatoms. The number of hydrogen-bond acceptors (Lipinski definition) is 4. The number of rotatable bonds is 6. The lowest BCUT2D eigenvalue weighted by atomic mass is 10.2. The SMILES string of the molecule is CC(=O)Nc1ccccc1OCC(NC(C)=O)C(=O)O. The van der Waals surface area contributed by atoms with Crippen molar-refractivity contribution >= 4 is 23.5 Å². The largest absolute Gasteiger partial charge is 0.489 e. The van der Waals surface area contributed by atoms with Crippen LogP contribution >= 0.6 is 0 Å². The standard InChI is InChI=1S/C13H16N2O5/c1-8(16)14-10-5-3-4-6-12(10)20-7-11(13(18)19)15-9(2)17/h3-6,11H,7H2,1-2H3,(H,14,16)(H,15,17)(H,18,19). The second-order valence-corrected chi connectivity index (χ2v) is 4.08. The van der Waals surface area contributed by atoms with Gasteiger partial charge in [-0.1, -0.05) is 12.1 Å². The normalized spacial score (nSPS) is 11.3. The van der Waals surface area contributed by atoms with Crippen LogP contribution in [-0.4, -0.2) is 35.5 Å². The summed E-state index contributed by atoms with van der Waals surface area (Å²) in [6.07, 6.45) is 0. The van der Waals surface area contributed by atoms with Crippen LogP contribution in [0.3, 0.4) is 0 Å². The first-order valence-corrected chi connectivity index (χ1v) is 5.89. The maximum Gasteiger partial charge on any atom is 0.329 e. The molecular weight excluding hydrogens is 264 g/mol. The van der Waals surface area contributed by atoms with Crippen molar-refractivity contribution in [1.29, 1.82) is 0 Å². The molecule has 2 amide bonds. The third kappa shape index (κ3) is 4.97. The number of nitrogens with one attached hydrogen (secondary N) is 2. The van der Waals surface area contributed by atoms with Crippen molar-refractivity contribution in [1.82, 2.24) is 5.32 Å². The predicted molar refractivity (Wildman–Crippen MR) is 71.5 cm³/mol. The molecule has 0 spiro atoms.